The van der Waals surface area contributed by atoms with Crippen LogP contribution in [0.3, 0.4) is 0 Å². The Balaban J connectivity index is 3.46. The third-order valence-corrected chi connectivity index (χ3v) is 1.86. The Hall–Kier alpha value is 0.690. The van der Waals surface area contributed by atoms with Gasteiger partial charge in [0.1, 0.15) is 0 Å². The molecule has 0 saturated carbocycles. The molecular weight excluding hydrogens is 202 g/mol. The van der Waals surface area contributed by atoms with Gasteiger partial charge in [0.05, 0.1) is 19.8 Å². The Labute approximate surface area is 68.3 Å². The number of rotatable bonds is 4. The van der Waals surface area contributed by atoms with Gasteiger partial charge in [0.2, 0.25) is 0 Å². The first-order valence-corrected chi connectivity index (χ1v) is 4.75. The maximum atomic E-state index is 9.80. The van der Waals surface area contributed by atoms with Gasteiger partial charge >= 0.3 is 0 Å². The van der Waals surface area contributed by atoms with Crippen molar-refractivity contribution in [2.45, 2.75) is 5.38 Å². The van der Waals surface area contributed by atoms with Gasteiger partial charge in [-0.3, -0.25) is 0 Å². The second-order valence-electron chi connectivity index (χ2n) is 1.49. The minimum absolute atomic E-state index is 0.0432. The molecule has 0 rings (SSSR count). The summed E-state index contributed by atoms with van der Waals surface area (Å²) < 4.78 is 13.6. The smallest absolute Gasteiger partial charge is 0.0708 e. The average Bonchev–Trinajstić information content (AvgIpc) is 1.81. The van der Waals surface area contributed by atoms with Crippen molar-refractivity contribution in [2.75, 3.05) is 12.5 Å². The number of phosphoric acid groups is 1. The fourth-order valence-electron chi connectivity index (χ4n) is 0.217. The Morgan fingerprint density at radius 1 is 1.60 bits per heavy atom. The molecule has 0 radical (unpaired) electrons. The summed E-state index contributed by atoms with van der Waals surface area (Å²) in [5.74, 6) is 0.0432. The number of hydrogen-bond acceptors (Lipinski definition) is 4. The molecule has 0 aliphatic heterocycles. The molecule has 0 aliphatic carbocycles. The maximum absolute atomic E-state index is 9.80. The molecule has 0 aromatic rings. The summed E-state index contributed by atoms with van der Waals surface area (Å²) in [4.78, 5) is 19.6. The lowest BCUT2D eigenvalue weighted by molar-refractivity contribution is -0.341. The molecule has 0 amide bonds. The third-order valence-electron chi connectivity index (χ3n) is 0.581. The molecule has 7 heteroatoms. The fraction of sp³-hybridized carbons (Fsp3) is 1.00. The summed E-state index contributed by atoms with van der Waals surface area (Å²) in [7, 11) is -4.88. The molecule has 1 unspecified atom stereocenters. The number of phosphoric ester groups is 1. The maximum Gasteiger partial charge on any atom is 0.0708 e. The summed E-state index contributed by atoms with van der Waals surface area (Å²) in [5, 5.41) is -0.641. The molecule has 0 spiro atoms. The lowest BCUT2D eigenvalue weighted by atomic mass is 10.5. The first-order chi connectivity index (χ1) is 4.45. The van der Waals surface area contributed by atoms with Crippen LogP contribution in [-0.4, -0.2) is 17.9 Å². The topological polar surface area (TPSA) is 72.4 Å². The van der Waals surface area contributed by atoms with Crippen LogP contribution < -0.4 is 9.79 Å². The summed E-state index contributed by atoms with van der Waals surface area (Å²) in [6.07, 6.45) is 0. The molecule has 0 aromatic carbocycles. The number of halogens is 2. The van der Waals surface area contributed by atoms with E-state index >= 15 is 0 Å². The van der Waals surface area contributed by atoms with E-state index in [2.05, 4.69) is 4.52 Å². The predicted molar refractivity (Wildman–Crippen MR) is 33.9 cm³/mol. The van der Waals surface area contributed by atoms with E-state index in [9.17, 15) is 14.4 Å². The van der Waals surface area contributed by atoms with Gasteiger partial charge in [0, 0.05) is 5.88 Å². The van der Waals surface area contributed by atoms with Gasteiger partial charge in [0.15, 0.2) is 0 Å². The van der Waals surface area contributed by atoms with E-state index in [1.165, 1.54) is 0 Å². The number of hydrogen-bond donors (Lipinski definition) is 0. The lowest BCUT2D eigenvalue weighted by Crippen LogP contribution is -2.20. The third kappa shape index (κ3) is 6.81. The van der Waals surface area contributed by atoms with Crippen molar-refractivity contribution in [3.05, 3.63) is 0 Å². The Morgan fingerprint density at radius 2 is 2.10 bits per heavy atom. The predicted octanol–water partition coefficient (Wildman–Crippen LogP) is -0.322. The van der Waals surface area contributed by atoms with Gasteiger partial charge in [-0.05, 0) is 0 Å². The van der Waals surface area contributed by atoms with Crippen LogP contribution in [-0.2, 0) is 9.09 Å². The van der Waals surface area contributed by atoms with E-state index in [1.54, 1.807) is 0 Å². The average molecular weight is 207 g/mol. The van der Waals surface area contributed by atoms with E-state index in [0.717, 1.165) is 0 Å². The molecule has 0 heterocycles. The van der Waals surface area contributed by atoms with Crippen LogP contribution in [0.5, 0.6) is 0 Å². The number of alkyl halides is 2. The summed E-state index contributed by atoms with van der Waals surface area (Å²) >= 11 is 10.5. The van der Waals surface area contributed by atoms with E-state index in [4.69, 9.17) is 23.2 Å². The molecule has 62 valence electrons. The van der Waals surface area contributed by atoms with E-state index < -0.39 is 13.2 Å². The van der Waals surface area contributed by atoms with Crippen LogP contribution >= 0.6 is 31.0 Å². The normalized spacial score (nSPS) is 15.2. The Kier molecular flexibility index (Phi) is 4.86. The summed E-state index contributed by atoms with van der Waals surface area (Å²) in [6, 6.07) is 0. The van der Waals surface area contributed by atoms with Crippen molar-refractivity contribution in [3.63, 3.8) is 0 Å². The van der Waals surface area contributed by atoms with Gasteiger partial charge in [0.25, 0.3) is 0 Å². The van der Waals surface area contributed by atoms with Gasteiger partial charge in [-0.2, -0.15) is 0 Å². The molecule has 0 saturated heterocycles. The summed E-state index contributed by atoms with van der Waals surface area (Å²) in [6.45, 7) is -0.366. The fourth-order valence-corrected chi connectivity index (χ4v) is 0.819. The molecule has 0 bridgehead atoms. The lowest BCUT2D eigenvalue weighted by Gasteiger charge is -2.29. The van der Waals surface area contributed by atoms with Gasteiger partial charge < -0.3 is 18.9 Å². The van der Waals surface area contributed by atoms with Gasteiger partial charge in [-0.15, -0.1) is 23.2 Å². The molecule has 10 heavy (non-hydrogen) atoms. The largest absolute Gasteiger partial charge is 0.790 e. The highest BCUT2D eigenvalue weighted by atomic mass is 35.5. The second-order valence-corrected chi connectivity index (χ2v) is 3.57. The molecule has 0 aromatic heterocycles. The highest BCUT2D eigenvalue weighted by Crippen LogP contribution is 2.25. The Morgan fingerprint density at radius 3 is 2.40 bits per heavy atom. The van der Waals surface area contributed by atoms with Gasteiger partial charge in [-0.25, -0.2) is 0 Å². The van der Waals surface area contributed by atoms with E-state index in [-0.39, 0.29) is 12.5 Å². The SMILES string of the molecule is O=P([O-])([O-])OCC(Cl)CCl. The molecule has 0 aliphatic rings. The van der Waals surface area contributed by atoms with Crippen LogP contribution in [0.1, 0.15) is 0 Å². The highest BCUT2D eigenvalue weighted by Gasteiger charge is 2.02. The van der Waals surface area contributed by atoms with Crippen molar-refractivity contribution in [1.82, 2.24) is 0 Å². The molecule has 0 fully saturated rings. The standard InChI is InChI=1S/C3H7Cl2O4P/c4-1-3(5)2-9-10(6,7)8/h3H,1-2H2,(H2,6,7,8)/p-2. The van der Waals surface area contributed by atoms with Crippen molar-refractivity contribution >= 4 is 31.0 Å². The van der Waals surface area contributed by atoms with Crippen LogP contribution in [0.2, 0.25) is 0 Å². The Bertz CT molecular complexity index is 134. The minimum Gasteiger partial charge on any atom is -0.790 e. The zero-order valence-corrected chi connectivity index (χ0v) is 7.23. The summed E-state index contributed by atoms with van der Waals surface area (Å²) in [5.41, 5.74) is 0. The van der Waals surface area contributed by atoms with Crippen molar-refractivity contribution in [3.8, 4) is 0 Å². The van der Waals surface area contributed by atoms with Crippen LogP contribution in [0.4, 0.5) is 0 Å². The molecule has 4 nitrogen and oxygen atoms in total. The first-order valence-electron chi connectivity index (χ1n) is 2.32. The molecule has 0 N–H and O–H groups in total. The van der Waals surface area contributed by atoms with E-state index in [0.29, 0.717) is 0 Å². The van der Waals surface area contributed by atoms with E-state index in [1.807, 2.05) is 0 Å². The molecular formula is C3H5Cl2O4P-2. The minimum atomic E-state index is -4.88. The van der Waals surface area contributed by atoms with Crippen LogP contribution in [0, 0.1) is 0 Å². The van der Waals surface area contributed by atoms with Gasteiger partial charge in [-0.1, -0.05) is 0 Å². The van der Waals surface area contributed by atoms with Crippen molar-refractivity contribution in [1.29, 1.82) is 0 Å². The van der Waals surface area contributed by atoms with Crippen molar-refractivity contribution in [2.24, 2.45) is 0 Å². The molecule has 1 atom stereocenters. The monoisotopic (exact) mass is 206 g/mol. The zero-order valence-electron chi connectivity index (χ0n) is 4.83. The highest BCUT2D eigenvalue weighted by molar-refractivity contribution is 7.43. The van der Waals surface area contributed by atoms with Crippen LogP contribution in [0.25, 0.3) is 0 Å². The zero-order chi connectivity index (χ0) is 8.20. The van der Waals surface area contributed by atoms with Crippen molar-refractivity contribution < 1.29 is 18.9 Å². The second kappa shape index (κ2) is 4.54. The van der Waals surface area contributed by atoms with Crippen LogP contribution in [0.15, 0.2) is 0 Å². The quantitative estimate of drug-likeness (QED) is 0.467. The first kappa shape index (κ1) is 10.7.